The number of carbonyl (C=O) groups is 2. The van der Waals surface area contributed by atoms with Crippen molar-refractivity contribution in [2.45, 2.75) is 25.1 Å². The van der Waals surface area contributed by atoms with E-state index < -0.39 is 58.2 Å². The number of hydrogen-bond acceptors (Lipinski definition) is 3. The van der Waals surface area contributed by atoms with Crippen molar-refractivity contribution in [2.75, 3.05) is 6.54 Å². The number of alkyl halides is 3. The highest BCUT2D eigenvalue weighted by molar-refractivity contribution is 5.97. The Labute approximate surface area is 166 Å². The average molecular weight is 432 g/mol. The fraction of sp³-hybridized carbons (Fsp3) is 0.263. The third-order valence-corrected chi connectivity index (χ3v) is 4.35. The quantitative estimate of drug-likeness (QED) is 0.569. The van der Waals surface area contributed by atoms with Crippen LogP contribution in [0.3, 0.4) is 0 Å². The SMILES string of the molecule is O=C1CC(NC(=O)c2cc(C(F)(F)F)ccc2Oc2ccc(F)c(F)c2F)CCN1. The molecule has 2 aromatic rings. The molecule has 2 amide bonds. The number of hydrogen-bond donors (Lipinski definition) is 2. The molecule has 2 N–H and O–H groups in total. The Hall–Kier alpha value is -3.24. The zero-order chi connectivity index (χ0) is 22.1. The lowest BCUT2D eigenvalue weighted by molar-refractivity contribution is -0.137. The van der Waals surface area contributed by atoms with Crippen LogP contribution in [0.1, 0.15) is 28.8 Å². The Balaban J connectivity index is 1.95. The minimum Gasteiger partial charge on any atom is -0.453 e. The summed E-state index contributed by atoms with van der Waals surface area (Å²) in [5, 5.41) is 4.97. The largest absolute Gasteiger partial charge is 0.453 e. The first-order chi connectivity index (χ1) is 14.1. The van der Waals surface area contributed by atoms with E-state index in [1.807, 2.05) is 0 Å². The summed E-state index contributed by atoms with van der Waals surface area (Å²) in [5.41, 5.74) is -1.79. The van der Waals surface area contributed by atoms with Gasteiger partial charge in [-0.15, -0.1) is 0 Å². The highest BCUT2D eigenvalue weighted by Crippen LogP contribution is 2.35. The molecule has 30 heavy (non-hydrogen) atoms. The molecular weight excluding hydrogens is 418 g/mol. The van der Waals surface area contributed by atoms with E-state index in [9.17, 15) is 35.9 Å². The van der Waals surface area contributed by atoms with Gasteiger partial charge in [-0.1, -0.05) is 0 Å². The summed E-state index contributed by atoms with van der Waals surface area (Å²) >= 11 is 0. The molecule has 5 nitrogen and oxygen atoms in total. The number of amides is 2. The summed E-state index contributed by atoms with van der Waals surface area (Å²) in [6.07, 6.45) is -4.51. The normalized spacial score (nSPS) is 16.7. The lowest BCUT2D eigenvalue weighted by Crippen LogP contribution is -2.45. The second-order valence-electron chi connectivity index (χ2n) is 6.50. The first-order valence-electron chi connectivity index (χ1n) is 8.66. The number of carbonyl (C=O) groups excluding carboxylic acids is 2. The van der Waals surface area contributed by atoms with Crippen LogP contribution >= 0.6 is 0 Å². The van der Waals surface area contributed by atoms with Gasteiger partial charge in [0.1, 0.15) is 5.75 Å². The van der Waals surface area contributed by atoms with E-state index in [1.54, 1.807) is 0 Å². The topological polar surface area (TPSA) is 67.4 Å². The van der Waals surface area contributed by atoms with Crippen molar-refractivity contribution in [1.82, 2.24) is 10.6 Å². The maximum atomic E-state index is 13.9. The van der Waals surface area contributed by atoms with Gasteiger partial charge in [0.2, 0.25) is 11.7 Å². The first-order valence-corrected chi connectivity index (χ1v) is 8.66. The fourth-order valence-electron chi connectivity index (χ4n) is 2.85. The van der Waals surface area contributed by atoms with Gasteiger partial charge in [0.25, 0.3) is 5.91 Å². The molecule has 0 saturated carbocycles. The van der Waals surface area contributed by atoms with E-state index in [0.29, 0.717) is 24.6 Å². The van der Waals surface area contributed by atoms with Crippen LogP contribution < -0.4 is 15.4 Å². The Morgan fingerprint density at radius 1 is 1.07 bits per heavy atom. The number of rotatable bonds is 4. The van der Waals surface area contributed by atoms with Crippen LogP contribution in [-0.4, -0.2) is 24.4 Å². The second-order valence-corrected chi connectivity index (χ2v) is 6.50. The first kappa shape index (κ1) is 21.5. The molecule has 0 spiro atoms. The molecule has 0 radical (unpaired) electrons. The van der Waals surface area contributed by atoms with Crippen LogP contribution in [-0.2, 0) is 11.0 Å². The summed E-state index contributed by atoms with van der Waals surface area (Å²) in [7, 11) is 0. The third-order valence-electron chi connectivity index (χ3n) is 4.35. The highest BCUT2D eigenvalue weighted by atomic mass is 19.4. The molecule has 1 fully saturated rings. The van der Waals surface area contributed by atoms with Gasteiger partial charge in [-0.25, -0.2) is 8.78 Å². The van der Waals surface area contributed by atoms with E-state index in [1.165, 1.54) is 0 Å². The smallest absolute Gasteiger partial charge is 0.416 e. The lowest BCUT2D eigenvalue weighted by atomic mass is 10.0. The Morgan fingerprint density at radius 3 is 2.43 bits per heavy atom. The summed E-state index contributed by atoms with van der Waals surface area (Å²) < 4.78 is 84.8. The number of halogens is 6. The van der Waals surface area contributed by atoms with E-state index in [0.717, 1.165) is 12.1 Å². The number of ether oxygens (including phenoxy) is 1. The molecule has 0 bridgehead atoms. The Morgan fingerprint density at radius 2 is 1.77 bits per heavy atom. The molecule has 0 aliphatic carbocycles. The average Bonchev–Trinajstić information content (AvgIpc) is 2.68. The molecule has 160 valence electrons. The maximum Gasteiger partial charge on any atom is 0.416 e. The van der Waals surface area contributed by atoms with Crippen LogP contribution in [0.25, 0.3) is 0 Å². The van der Waals surface area contributed by atoms with Gasteiger partial charge in [-0.05, 0) is 36.8 Å². The zero-order valence-corrected chi connectivity index (χ0v) is 15.1. The molecule has 1 heterocycles. The molecule has 2 aromatic carbocycles. The second kappa shape index (κ2) is 8.25. The molecular formula is C19H14F6N2O3. The summed E-state index contributed by atoms with van der Waals surface area (Å²) in [6, 6.07) is 2.53. The summed E-state index contributed by atoms with van der Waals surface area (Å²) in [4.78, 5) is 24.0. The van der Waals surface area contributed by atoms with E-state index >= 15 is 0 Å². The molecule has 1 saturated heterocycles. The molecule has 1 atom stereocenters. The van der Waals surface area contributed by atoms with Crippen LogP contribution in [0.2, 0.25) is 0 Å². The van der Waals surface area contributed by atoms with Crippen molar-refractivity contribution in [3.8, 4) is 11.5 Å². The number of nitrogens with one attached hydrogen (secondary N) is 2. The molecule has 11 heteroatoms. The summed E-state index contributed by atoms with van der Waals surface area (Å²) in [5.74, 6) is -7.69. The zero-order valence-electron chi connectivity index (χ0n) is 15.1. The van der Waals surface area contributed by atoms with Crippen molar-refractivity contribution < 1.29 is 40.7 Å². The van der Waals surface area contributed by atoms with Crippen molar-refractivity contribution in [3.05, 3.63) is 58.9 Å². The van der Waals surface area contributed by atoms with E-state index in [4.69, 9.17) is 4.74 Å². The van der Waals surface area contributed by atoms with Crippen molar-refractivity contribution >= 4 is 11.8 Å². The molecule has 1 aliphatic rings. The predicted molar refractivity (Wildman–Crippen MR) is 91.3 cm³/mol. The van der Waals surface area contributed by atoms with Crippen LogP contribution in [0.5, 0.6) is 11.5 Å². The summed E-state index contributed by atoms with van der Waals surface area (Å²) in [6.45, 7) is 0.274. The van der Waals surface area contributed by atoms with Gasteiger partial charge in [0, 0.05) is 19.0 Å². The number of piperidine rings is 1. The standard InChI is InChI=1S/C19H14F6N2O3/c20-12-2-4-14(17(22)16(12)21)30-13-3-1-9(19(23,24)25)7-11(13)18(29)27-10-5-6-26-15(28)8-10/h1-4,7,10H,5-6,8H2,(H,26,28)(H,27,29). The number of benzene rings is 2. The molecule has 1 aliphatic heterocycles. The highest BCUT2D eigenvalue weighted by Gasteiger charge is 2.33. The predicted octanol–water partition coefficient (Wildman–Crippen LogP) is 3.92. The van der Waals surface area contributed by atoms with Gasteiger partial charge in [0.05, 0.1) is 11.1 Å². The van der Waals surface area contributed by atoms with Crippen molar-refractivity contribution in [3.63, 3.8) is 0 Å². The lowest BCUT2D eigenvalue weighted by Gasteiger charge is -2.23. The minimum absolute atomic E-state index is 0.0707. The van der Waals surface area contributed by atoms with Crippen LogP contribution in [0, 0.1) is 17.5 Å². The Kier molecular flexibility index (Phi) is 5.90. The Bertz CT molecular complexity index is 993. The van der Waals surface area contributed by atoms with E-state index in [2.05, 4.69) is 10.6 Å². The fourth-order valence-corrected chi connectivity index (χ4v) is 2.85. The van der Waals surface area contributed by atoms with Gasteiger partial charge < -0.3 is 15.4 Å². The van der Waals surface area contributed by atoms with Gasteiger partial charge >= 0.3 is 6.18 Å². The van der Waals surface area contributed by atoms with Gasteiger partial charge in [-0.2, -0.15) is 17.6 Å². The van der Waals surface area contributed by atoms with Crippen molar-refractivity contribution in [2.24, 2.45) is 0 Å². The maximum absolute atomic E-state index is 13.9. The molecule has 1 unspecified atom stereocenters. The van der Waals surface area contributed by atoms with E-state index in [-0.39, 0.29) is 18.9 Å². The third kappa shape index (κ3) is 4.66. The van der Waals surface area contributed by atoms with Crippen LogP contribution in [0.4, 0.5) is 26.3 Å². The molecule has 3 rings (SSSR count). The monoisotopic (exact) mass is 432 g/mol. The van der Waals surface area contributed by atoms with Crippen molar-refractivity contribution in [1.29, 1.82) is 0 Å². The molecule has 0 aromatic heterocycles. The van der Waals surface area contributed by atoms with Gasteiger partial charge in [0.15, 0.2) is 17.4 Å². The van der Waals surface area contributed by atoms with Crippen LogP contribution in [0.15, 0.2) is 30.3 Å². The minimum atomic E-state index is -4.79. The van der Waals surface area contributed by atoms with Gasteiger partial charge in [-0.3, -0.25) is 9.59 Å².